The van der Waals surface area contributed by atoms with E-state index in [1.165, 1.54) is 5.56 Å². The smallest absolute Gasteiger partial charge is 0.146 e. The van der Waals surface area contributed by atoms with Gasteiger partial charge in [0, 0.05) is 30.2 Å². The van der Waals surface area contributed by atoms with Gasteiger partial charge in [-0.1, -0.05) is 36.4 Å². The Hall–Kier alpha value is -2.87. The van der Waals surface area contributed by atoms with Gasteiger partial charge in [-0.15, -0.1) is 11.3 Å². The first kappa shape index (κ1) is 19.1. The SMILES string of the molecule is c1ccc(-c2csc3nc(CN4CCOCC4)nc(NCc4ccccn4)c23)cc1. The number of nitrogens with one attached hydrogen (secondary N) is 1. The Kier molecular flexibility index (Phi) is 5.65. The average Bonchev–Trinajstić information content (AvgIpc) is 3.24. The molecule has 0 atom stereocenters. The molecule has 0 radical (unpaired) electrons. The van der Waals surface area contributed by atoms with Gasteiger partial charge in [-0.25, -0.2) is 9.97 Å². The molecule has 0 bridgehead atoms. The van der Waals surface area contributed by atoms with E-state index in [-0.39, 0.29) is 0 Å². The molecule has 4 aromatic rings. The molecule has 0 spiro atoms. The zero-order valence-corrected chi connectivity index (χ0v) is 17.4. The van der Waals surface area contributed by atoms with Crippen LogP contribution in [-0.2, 0) is 17.8 Å². The minimum atomic E-state index is 0.619. The van der Waals surface area contributed by atoms with Crippen molar-refractivity contribution in [3.8, 4) is 11.1 Å². The van der Waals surface area contributed by atoms with Crippen LogP contribution < -0.4 is 5.32 Å². The van der Waals surface area contributed by atoms with E-state index >= 15 is 0 Å². The standard InChI is InChI=1S/C23H23N5OS/c1-2-6-17(7-3-1)19-16-30-23-21(19)22(25-14-18-8-4-5-9-24-18)26-20(27-23)15-28-10-12-29-13-11-28/h1-9,16H,10-15H2,(H,25,26,27). The van der Waals surface area contributed by atoms with Crippen LogP contribution in [0.3, 0.4) is 0 Å². The van der Waals surface area contributed by atoms with Crippen LogP contribution in [0.25, 0.3) is 21.3 Å². The summed E-state index contributed by atoms with van der Waals surface area (Å²) in [6, 6.07) is 16.4. The Bertz CT molecular complexity index is 1110. The van der Waals surface area contributed by atoms with E-state index in [2.05, 4.69) is 44.8 Å². The lowest BCUT2D eigenvalue weighted by Crippen LogP contribution is -2.36. The van der Waals surface area contributed by atoms with Crippen LogP contribution in [0.1, 0.15) is 11.5 Å². The van der Waals surface area contributed by atoms with Gasteiger partial charge in [0.25, 0.3) is 0 Å². The number of benzene rings is 1. The highest BCUT2D eigenvalue weighted by Gasteiger charge is 2.18. The number of ether oxygens (including phenoxy) is 1. The molecule has 1 saturated heterocycles. The molecule has 0 aliphatic carbocycles. The maximum Gasteiger partial charge on any atom is 0.146 e. The normalized spacial score (nSPS) is 14.8. The third-order valence-corrected chi connectivity index (χ3v) is 6.07. The lowest BCUT2D eigenvalue weighted by Gasteiger charge is -2.25. The van der Waals surface area contributed by atoms with Crippen LogP contribution >= 0.6 is 11.3 Å². The van der Waals surface area contributed by atoms with E-state index in [1.54, 1.807) is 11.3 Å². The molecule has 7 heteroatoms. The molecule has 1 N–H and O–H groups in total. The van der Waals surface area contributed by atoms with Crippen molar-refractivity contribution in [2.75, 3.05) is 31.6 Å². The molecule has 152 valence electrons. The number of fused-ring (bicyclic) bond motifs is 1. The van der Waals surface area contributed by atoms with Crippen molar-refractivity contribution < 1.29 is 4.74 Å². The number of hydrogen-bond acceptors (Lipinski definition) is 7. The molecule has 30 heavy (non-hydrogen) atoms. The van der Waals surface area contributed by atoms with Crippen LogP contribution in [0.15, 0.2) is 60.1 Å². The molecule has 1 aliphatic heterocycles. The maximum atomic E-state index is 5.47. The van der Waals surface area contributed by atoms with E-state index in [0.717, 1.165) is 66.0 Å². The predicted molar refractivity (Wildman–Crippen MR) is 121 cm³/mol. The quantitative estimate of drug-likeness (QED) is 0.507. The van der Waals surface area contributed by atoms with Gasteiger partial charge in [0.1, 0.15) is 16.5 Å². The molecule has 1 fully saturated rings. The fourth-order valence-electron chi connectivity index (χ4n) is 3.65. The van der Waals surface area contributed by atoms with Crippen molar-refractivity contribution in [2.24, 2.45) is 0 Å². The van der Waals surface area contributed by atoms with Crippen LogP contribution in [0, 0.1) is 0 Å². The molecule has 6 nitrogen and oxygen atoms in total. The lowest BCUT2D eigenvalue weighted by atomic mass is 10.1. The van der Waals surface area contributed by atoms with Crippen molar-refractivity contribution >= 4 is 27.4 Å². The molecule has 1 aromatic carbocycles. The van der Waals surface area contributed by atoms with Crippen LogP contribution in [0.2, 0.25) is 0 Å². The zero-order chi connectivity index (χ0) is 20.2. The summed E-state index contributed by atoms with van der Waals surface area (Å²) in [5.41, 5.74) is 3.32. The molecular weight excluding hydrogens is 394 g/mol. The Morgan fingerprint density at radius 2 is 1.83 bits per heavy atom. The second-order valence-electron chi connectivity index (χ2n) is 7.25. The fraction of sp³-hybridized carbons (Fsp3) is 0.261. The van der Waals surface area contributed by atoms with E-state index in [4.69, 9.17) is 14.7 Å². The summed E-state index contributed by atoms with van der Waals surface area (Å²) in [5.74, 6) is 1.71. The summed E-state index contributed by atoms with van der Waals surface area (Å²) < 4.78 is 5.47. The van der Waals surface area contributed by atoms with Crippen molar-refractivity contribution in [3.05, 3.63) is 71.6 Å². The third kappa shape index (κ3) is 4.18. The van der Waals surface area contributed by atoms with Gasteiger partial charge >= 0.3 is 0 Å². The van der Waals surface area contributed by atoms with E-state index in [0.29, 0.717) is 6.54 Å². The highest BCUT2D eigenvalue weighted by molar-refractivity contribution is 7.17. The van der Waals surface area contributed by atoms with E-state index < -0.39 is 0 Å². The fourth-order valence-corrected chi connectivity index (χ4v) is 4.62. The highest BCUT2D eigenvalue weighted by atomic mass is 32.1. The second kappa shape index (κ2) is 8.87. The maximum absolute atomic E-state index is 5.47. The molecule has 0 unspecified atom stereocenters. The lowest BCUT2D eigenvalue weighted by molar-refractivity contribution is 0.0331. The van der Waals surface area contributed by atoms with E-state index in [9.17, 15) is 0 Å². The Morgan fingerprint density at radius 3 is 2.63 bits per heavy atom. The van der Waals surface area contributed by atoms with Crippen molar-refractivity contribution in [1.29, 1.82) is 0 Å². The molecular formula is C23H23N5OS. The summed E-state index contributed by atoms with van der Waals surface area (Å²) in [6.07, 6.45) is 1.82. The van der Waals surface area contributed by atoms with Crippen LogP contribution in [0.5, 0.6) is 0 Å². The Morgan fingerprint density at radius 1 is 1.00 bits per heavy atom. The number of rotatable bonds is 6. The predicted octanol–water partition coefficient (Wildman–Crippen LogP) is 4.20. The summed E-state index contributed by atoms with van der Waals surface area (Å²) in [4.78, 5) is 17.6. The number of aromatic nitrogens is 3. The van der Waals surface area contributed by atoms with Crippen molar-refractivity contribution in [3.63, 3.8) is 0 Å². The molecule has 0 saturated carbocycles. The van der Waals surface area contributed by atoms with Gasteiger partial charge in [-0.2, -0.15) is 0 Å². The number of thiophene rings is 1. The number of hydrogen-bond donors (Lipinski definition) is 1. The van der Waals surface area contributed by atoms with Gasteiger partial charge in [0.15, 0.2) is 0 Å². The van der Waals surface area contributed by atoms with Gasteiger partial charge in [0.2, 0.25) is 0 Å². The first-order valence-corrected chi connectivity index (χ1v) is 11.0. The topological polar surface area (TPSA) is 63.2 Å². The minimum Gasteiger partial charge on any atom is -0.379 e. The van der Waals surface area contributed by atoms with Crippen LogP contribution in [-0.4, -0.2) is 46.2 Å². The second-order valence-corrected chi connectivity index (χ2v) is 8.11. The number of anilines is 1. The summed E-state index contributed by atoms with van der Waals surface area (Å²) >= 11 is 1.67. The monoisotopic (exact) mass is 417 g/mol. The zero-order valence-electron chi connectivity index (χ0n) is 16.6. The molecule has 5 rings (SSSR count). The van der Waals surface area contributed by atoms with Crippen molar-refractivity contribution in [2.45, 2.75) is 13.1 Å². The van der Waals surface area contributed by atoms with Crippen LogP contribution in [0.4, 0.5) is 5.82 Å². The van der Waals surface area contributed by atoms with Gasteiger partial charge < -0.3 is 10.1 Å². The largest absolute Gasteiger partial charge is 0.379 e. The summed E-state index contributed by atoms with van der Waals surface area (Å²) in [7, 11) is 0. The highest BCUT2D eigenvalue weighted by Crippen LogP contribution is 2.37. The summed E-state index contributed by atoms with van der Waals surface area (Å²) in [5, 5.41) is 6.78. The van der Waals surface area contributed by atoms with Crippen molar-refractivity contribution in [1.82, 2.24) is 19.9 Å². The number of pyridine rings is 1. The van der Waals surface area contributed by atoms with Gasteiger partial charge in [0.05, 0.1) is 37.4 Å². The molecule has 4 heterocycles. The van der Waals surface area contributed by atoms with Gasteiger partial charge in [-0.05, 0) is 17.7 Å². The summed E-state index contributed by atoms with van der Waals surface area (Å²) in [6.45, 7) is 4.72. The number of morpholine rings is 1. The van der Waals surface area contributed by atoms with Gasteiger partial charge in [-0.3, -0.25) is 9.88 Å². The molecule has 0 amide bonds. The first-order valence-electron chi connectivity index (χ1n) is 10.1. The molecule has 3 aromatic heterocycles. The minimum absolute atomic E-state index is 0.619. The Balaban J connectivity index is 1.52. The average molecular weight is 418 g/mol. The molecule has 1 aliphatic rings. The van der Waals surface area contributed by atoms with E-state index in [1.807, 2.05) is 30.5 Å². The first-order chi connectivity index (χ1) is 14.9. The third-order valence-electron chi connectivity index (χ3n) is 5.20. The Labute approximate surface area is 179 Å². The number of nitrogens with zero attached hydrogens (tertiary/aromatic N) is 4.